The molecular weight excluding hydrogens is 356 g/mol. The smallest absolute Gasteiger partial charge is 0.261 e. The zero-order chi connectivity index (χ0) is 19.8. The number of nitrogens with zero attached hydrogens (tertiary/aromatic N) is 2. The van der Waals surface area contributed by atoms with Crippen molar-refractivity contribution in [1.29, 1.82) is 0 Å². The zero-order valence-corrected chi connectivity index (χ0v) is 15.1. The lowest BCUT2D eigenvalue weighted by Crippen LogP contribution is -2.30. The number of carbonyl (C=O) groups excluding carboxylic acids is 4. The van der Waals surface area contributed by atoms with Crippen molar-refractivity contribution in [3.8, 4) is 11.1 Å². The molecule has 28 heavy (non-hydrogen) atoms. The van der Waals surface area contributed by atoms with Gasteiger partial charge in [0.15, 0.2) is 0 Å². The van der Waals surface area contributed by atoms with Gasteiger partial charge in [0, 0.05) is 23.8 Å². The summed E-state index contributed by atoms with van der Waals surface area (Å²) in [5.41, 5.74) is 3.30. The lowest BCUT2D eigenvalue weighted by molar-refractivity contribution is -0.121. The summed E-state index contributed by atoms with van der Waals surface area (Å²) in [5.74, 6) is -1.32. The minimum Gasteiger partial charge on any atom is -0.269 e. The molecule has 4 rings (SSSR count). The van der Waals surface area contributed by atoms with Crippen LogP contribution in [0.25, 0.3) is 11.1 Å². The molecule has 2 aliphatic rings. The summed E-state index contributed by atoms with van der Waals surface area (Å²) >= 11 is 0. The van der Waals surface area contributed by atoms with E-state index in [1.54, 1.807) is 24.3 Å². The largest absolute Gasteiger partial charge is 0.269 e. The Morgan fingerprint density at radius 3 is 1.54 bits per heavy atom. The average Bonchev–Trinajstić information content (AvgIpc) is 3.19. The maximum absolute atomic E-state index is 12.3. The van der Waals surface area contributed by atoms with Crippen molar-refractivity contribution < 1.29 is 19.2 Å². The third kappa shape index (κ3) is 2.85. The second-order valence-corrected chi connectivity index (χ2v) is 6.44. The van der Waals surface area contributed by atoms with E-state index in [0.29, 0.717) is 23.4 Å². The second kappa shape index (κ2) is 6.74. The highest BCUT2D eigenvalue weighted by atomic mass is 16.2. The Morgan fingerprint density at radius 1 is 0.643 bits per heavy atom. The molecule has 0 unspecified atom stereocenters. The van der Waals surface area contributed by atoms with Gasteiger partial charge < -0.3 is 0 Å². The average molecular weight is 372 g/mol. The molecule has 0 saturated heterocycles. The number of benzene rings is 2. The van der Waals surface area contributed by atoms with Crippen LogP contribution in [0.3, 0.4) is 0 Å². The van der Waals surface area contributed by atoms with Gasteiger partial charge >= 0.3 is 0 Å². The fourth-order valence-electron chi connectivity index (χ4n) is 3.28. The van der Waals surface area contributed by atoms with Crippen LogP contribution >= 0.6 is 0 Å². The van der Waals surface area contributed by atoms with Gasteiger partial charge in [-0.3, -0.25) is 19.2 Å². The minimum atomic E-state index is -0.359. The first-order valence-corrected chi connectivity index (χ1v) is 8.85. The minimum absolute atomic E-state index is 0.279. The Hall–Kier alpha value is -3.80. The number of hydrogen-bond donors (Lipinski definition) is 0. The van der Waals surface area contributed by atoms with Crippen molar-refractivity contribution in [2.75, 3.05) is 9.80 Å². The van der Waals surface area contributed by atoms with E-state index in [0.717, 1.165) is 16.0 Å². The summed E-state index contributed by atoms with van der Waals surface area (Å²) in [6.45, 7) is 1.84. The molecule has 0 aromatic heterocycles. The lowest BCUT2D eigenvalue weighted by Gasteiger charge is -2.16. The van der Waals surface area contributed by atoms with Gasteiger partial charge in [-0.15, -0.1) is 0 Å². The van der Waals surface area contributed by atoms with Crippen LogP contribution in [0.15, 0.2) is 72.3 Å². The van der Waals surface area contributed by atoms with Gasteiger partial charge in [-0.2, -0.15) is 0 Å². The van der Waals surface area contributed by atoms with Crippen LogP contribution in [-0.4, -0.2) is 23.6 Å². The van der Waals surface area contributed by atoms with Crippen molar-refractivity contribution in [3.63, 3.8) is 0 Å². The SMILES string of the molecule is CCC1=CC(=O)N(c2ccc(-c3ccc(N4C(=O)C=CC4=O)cc3)cc2)C1=O. The third-order valence-electron chi connectivity index (χ3n) is 4.77. The van der Waals surface area contributed by atoms with Crippen LogP contribution in [0.5, 0.6) is 0 Å². The molecule has 0 fully saturated rings. The van der Waals surface area contributed by atoms with E-state index in [4.69, 9.17) is 0 Å². The number of anilines is 2. The summed E-state index contributed by atoms with van der Waals surface area (Å²) < 4.78 is 0. The Bertz CT molecular complexity index is 1040. The maximum Gasteiger partial charge on any atom is 0.261 e. The standard InChI is InChI=1S/C22H16N2O4/c1-2-14-13-21(27)24(22(14)28)18-9-5-16(6-10-18)15-3-7-17(8-4-15)23-19(25)11-12-20(23)26/h3-13H,2H2,1H3. The van der Waals surface area contributed by atoms with E-state index in [-0.39, 0.29) is 23.6 Å². The first-order chi connectivity index (χ1) is 13.5. The molecule has 0 radical (unpaired) electrons. The highest BCUT2D eigenvalue weighted by molar-refractivity contribution is 6.30. The van der Waals surface area contributed by atoms with Gasteiger partial charge in [0.2, 0.25) is 0 Å². The molecule has 2 heterocycles. The highest BCUT2D eigenvalue weighted by Crippen LogP contribution is 2.29. The summed E-state index contributed by atoms with van der Waals surface area (Å²) in [6, 6.07) is 14.1. The lowest BCUT2D eigenvalue weighted by atomic mass is 10.0. The quantitative estimate of drug-likeness (QED) is 0.774. The summed E-state index contributed by atoms with van der Waals surface area (Å²) in [4.78, 5) is 50.2. The van der Waals surface area contributed by atoms with Crippen LogP contribution in [-0.2, 0) is 19.2 Å². The van der Waals surface area contributed by atoms with Gasteiger partial charge in [0.1, 0.15) is 0 Å². The van der Waals surface area contributed by atoms with Crippen molar-refractivity contribution in [1.82, 2.24) is 0 Å². The number of amides is 4. The van der Waals surface area contributed by atoms with Crippen LogP contribution < -0.4 is 9.80 Å². The van der Waals surface area contributed by atoms with E-state index < -0.39 is 0 Å². The zero-order valence-electron chi connectivity index (χ0n) is 15.1. The number of rotatable bonds is 4. The van der Waals surface area contributed by atoms with E-state index in [1.807, 2.05) is 31.2 Å². The molecule has 2 aromatic carbocycles. The predicted octanol–water partition coefficient (Wildman–Crippen LogP) is 2.99. The first-order valence-electron chi connectivity index (χ1n) is 8.85. The Kier molecular flexibility index (Phi) is 4.24. The van der Waals surface area contributed by atoms with E-state index in [1.165, 1.54) is 23.1 Å². The molecule has 0 aliphatic carbocycles. The molecule has 0 spiro atoms. The van der Waals surface area contributed by atoms with Crippen LogP contribution in [0.4, 0.5) is 11.4 Å². The van der Waals surface area contributed by atoms with E-state index >= 15 is 0 Å². The van der Waals surface area contributed by atoms with Crippen LogP contribution in [0.2, 0.25) is 0 Å². The van der Waals surface area contributed by atoms with Crippen LogP contribution in [0, 0.1) is 0 Å². The van der Waals surface area contributed by atoms with Gasteiger partial charge in [-0.25, -0.2) is 9.80 Å². The second-order valence-electron chi connectivity index (χ2n) is 6.44. The number of imide groups is 2. The monoisotopic (exact) mass is 372 g/mol. The number of carbonyl (C=O) groups is 4. The maximum atomic E-state index is 12.3. The van der Waals surface area contributed by atoms with Gasteiger partial charge in [0.25, 0.3) is 23.6 Å². The molecule has 4 amide bonds. The predicted molar refractivity (Wildman–Crippen MR) is 104 cm³/mol. The van der Waals surface area contributed by atoms with Crippen molar-refractivity contribution >= 4 is 35.0 Å². The van der Waals surface area contributed by atoms with E-state index in [2.05, 4.69) is 0 Å². The first kappa shape index (κ1) is 17.6. The molecule has 0 N–H and O–H groups in total. The summed E-state index contributed by atoms with van der Waals surface area (Å²) in [5, 5.41) is 0. The molecule has 0 atom stereocenters. The van der Waals surface area contributed by atoms with Gasteiger partial charge in [0.05, 0.1) is 11.4 Å². The molecule has 6 heteroatoms. The molecule has 6 nitrogen and oxygen atoms in total. The molecule has 2 aliphatic heterocycles. The topological polar surface area (TPSA) is 74.8 Å². The summed E-state index contributed by atoms with van der Waals surface area (Å²) in [7, 11) is 0. The molecule has 0 saturated carbocycles. The normalized spacial score (nSPS) is 16.4. The van der Waals surface area contributed by atoms with Gasteiger partial charge in [-0.05, 0) is 41.8 Å². The Morgan fingerprint density at radius 2 is 1.11 bits per heavy atom. The van der Waals surface area contributed by atoms with Gasteiger partial charge in [-0.1, -0.05) is 31.2 Å². The van der Waals surface area contributed by atoms with Crippen molar-refractivity contribution in [2.45, 2.75) is 13.3 Å². The number of hydrogen-bond acceptors (Lipinski definition) is 4. The Balaban J connectivity index is 1.55. The summed E-state index contributed by atoms with van der Waals surface area (Å²) in [6.07, 6.45) is 4.39. The Labute approximate surface area is 161 Å². The molecule has 2 aromatic rings. The van der Waals surface area contributed by atoms with E-state index in [9.17, 15) is 19.2 Å². The molecule has 138 valence electrons. The highest BCUT2D eigenvalue weighted by Gasteiger charge is 2.31. The third-order valence-corrected chi connectivity index (χ3v) is 4.77. The van der Waals surface area contributed by atoms with Crippen LogP contribution in [0.1, 0.15) is 13.3 Å². The van der Waals surface area contributed by atoms with Crippen molar-refractivity contribution in [2.24, 2.45) is 0 Å². The van der Waals surface area contributed by atoms with Crippen molar-refractivity contribution in [3.05, 3.63) is 72.3 Å². The molecular formula is C22H16N2O4. The molecule has 0 bridgehead atoms. The fraction of sp³-hybridized carbons (Fsp3) is 0.0909. The fourth-order valence-corrected chi connectivity index (χ4v) is 3.28.